The van der Waals surface area contributed by atoms with Crippen molar-refractivity contribution in [2.24, 2.45) is 0 Å². The molecule has 1 atom stereocenters. The highest BCUT2D eigenvalue weighted by atomic mass is 16.9. The Morgan fingerprint density at radius 2 is 2.53 bits per heavy atom. The van der Waals surface area contributed by atoms with Crippen LogP contribution < -0.4 is 10.6 Å². The molecular formula is C6H9N3O6. The fourth-order valence-electron chi connectivity index (χ4n) is 0.943. The quantitative estimate of drug-likeness (QED) is 0.327. The molecule has 15 heavy (non-hydrogen) atoms. The van der Waals surface area contributed by atoms with Crippen LogP contribution in [0.3, 0.4) is 0 Å². The highest BCUT2D eigenvalue weighted by Gasteiger charge is 2.28. The lowest BCUT2D eigenvalue weighted by Gasteiger charge is -2.07. The summed E-state index contributed by atoms with van der Waals surface area (Å²) >= 11 is 0. The molecule has 0 radical (unpaired) electrons. The fourth-order valence-corrected chi connectivity index (χ4v) is 0.943. The molecule has 1 unspecified atom stereocenters. The molecule has 1 aliphatic rings. The van der Waals surface area contributed by atoms with Gasteiger partial charge in [0.25, 0.3) is 5.09 Å². The van der Waals surface area contributed by atoms with E-state index in [2.05, 4.69) is 20.2 Å². The van der Waals surface area contributed by atoms with Gasteiger partial charge >= 0.3 is 6.09 Å². The van der Waals surface area contributed by atoms with Gasteiger partial charge in [-0.25, -0.2) is 4.79 Å². The second kappa shape index (κ2) is 4.98. The summed E-state index contributed by atoms with van der Waals surface area (Å²) in [5.74, 6) is -0.465. The zero-order valence-corrected chi connectivity index (χ0v) is 7.60. The van der Waals surface area contributed by atoms with Crippen molar-refractivity contribution in [2.45, 2.75) is 6.04 Å². The van der Waals surface area contributed by atoms with E-state index in [1.165, 1.54) is 0 Å². The third-order valence-corrected chi connectivity index (χ3v) is 1.59. The molecule has 0 aromatic rings. The Hall–Kier alpha value is -2.06. The zero-order chi connectivity index (χ0) is 11.3. The summed E-state index contributed by atoms with van der Waals surface area (Å²) in [5, 5.41) is 13.4. The van der Waals surface area contributed by atoms with Crippen LogP contribution >= 0.6 is 0 Å². The van der Waals surface area contributed by atoms with E-state index >= 15 is 0 Å². The Morgan fingerprint density at radius 1 is 1.80 bits per heavy atom. The first-order valence-electron chi connectivity index (χ1n) is 4.08. The normalized spacial score (nSPS) is 18.9. The molecule has 0 aromatic carbocycles. The predicted molar refractivity (Wildman–Crippen MR) is 44.2 cm³/mol. The van der Waals surface area contributed by atoms with Gasteiger partial charge in [0.15, 0.2) is 0 Å². The average molecular weight is 219 g/mol. The van der Waals surface area contributed by atoms with Crippen LogP contribution in [0.5, 0.6) is 0 Å². The largest absolute Gasteiger partial charge is 0.447 e. The van der Waals surface area contributed by atoms with Gasteiger partial charge < -0.3 is 20.2 Å². The molecule has 0 spiro atoms. The number of rotatable bonds is 5. The smallest absolute Gasteiger partial charge is 0.407 e. The number of alkyl carbamates (subject to hydrolysis) is 1. The summed E-state index contributed by atoms with van der Waals surface area (Å²) in [4.78, 5) is 35.5. The number of nitrogens with one attached hydrogen (secondary N) is 2. The molecule has 84 valence electrons. The average Bonchev–Trinajstić information content (AvgIpc) is 2.59. The van der Waals surface area contributed by atoms with Crippen LogP contribution in [0.25, 0.3) is 0 Å². The summed E-state index contributed by atoms with van der Waals surface area (Å²) in [7, 11) is 0. The Morgan fingerprint density at radius 3 is 3.07 bits per heavy atom. The van der Waals surface area contributed by atoms with E-state index in [1.807, 2.05) is 0 Å². The Labute approximate surface area is 83.8 Å². The Bertz CT molecular complexity index is 280. The van der Waals surface area contributed by atoms with Crippen LogP contribution in [0, 0.1) is 10.1 Å². The minimum atomic E-state index is -0.952. The molecule has 2 amide bonds. The molecule has 0 aromatic heterocycles. The van der Waals surface area contributed by atoms with E-state index in [9.17, 15) is 19.7 Å². The van der Waals surface area contributed by atoms with E-state index in [1.54, 1.807) is 0 Å². The number of amides is 2. The SMILES string of the molecule is O=C1NC(C(=O)NCCO[N+](=O)[O-])CO1. The van der Waals surface area contributed by atoms with Crippen molar-refractivity contribution < 1.29 is 24.3 Å². The first-order valence-corrected chi connectivity index (χ1v) is 4.08. The monoisotopic (exact) mass is 219 g/mol. The molecule has 9 nitrogen and oxygen atoms in total. The van der Waals surface area contributed by atoms with Crippen molar-refractivity contribution >= 4 is 12.0 Å². The summed E-state index contributed by atoms with van der Waals surface area (Å²) in [6, 6.07) is -0.742. The van der Waals surface area contributed by atoms with E-state index in [-0.39, 0.29) is 19.8 Å². The van der Waals surface area contributed by atoms with Gasteiger partial charge in [0.1, 0.15) is 19.3 Å². The number of nitrogens with zero attached hydrogens (tertiary/aromatic N) is 1. The van der Waals surface area contributed by atoms with E-state index in [0.29, 0.717) is 0 Å². The van der Waals surface area contributed by atoms with E-state index in [0.717, 1.165) is 0 Å². The van der Waals surface area contributed by atoms with Crippen LogP contribution in [0.4, 0.5) is 4.79 Å². The topological polar surface area (TPSA) is 120 Å². The third kappa shape index (κ3) is 3.67. The number of ether oxygens (including phenoxy) is 1. The minimum absolute atomic E-state index is 0.00775. The lowest BCUT2D eigenvalue weighted by atomic mass is 10.3. The van der Waals surface area contributed by atoms with Crippen LogP contribution in [0.1, 0.15) is 0 Å². The lowest BCUT2D eigenvalue weighted by Crippen LogP contribution is -2.43. The molecule has 0 bridgehead atoms. The van der Waals surface area contributed by atoms with Gasteiger partial charge in [-0.3, -0.25) is 4.79 Å². The second-order valence-corrected chi connectivity index (χ2v) is 2.64. The third-order valence-electron chi connectivity index (χ3n) is 1.59. The van der Waals surface area contributed by atoms with Crippen LogP contribution in [0.15, 0.2) is 0 Å². The van der Waals surface area contributed by atoms with Crippen molar-refractivity contribution in [2.75, 3.05) is 19.8 Å². The van der Waals surface area contributed by atoms with Crippen LogP contribution in [-0.2, 0) is 14.4 Å². The van der Waals surface area contributed by atoms with Gasteiger partial charge in [0.05, 0.1) is 0 Å². The van der Waals surface area contributed by atoms with Gasteiger partial charge in [-0.2, -0.15) is 0 Å². The molecule has 1 rings (SSSR count). The summed E-state index contributed by atoms with van der Waals surface area (Å²) in [6.07, 6.45) is -0.656. The predicted octanol–water partition coefficient (Wildman–Crippen LogP) is -1.58. The first kappa shape index (κ1) is 11.0. The maximum absolute atomic E-state index is 11.2. The van der Waals surface area contributed by atoms with Crippen LogP contribution in [-0.4, -0.2) is 42.9 Å². The summed E-state index contributed by atoms with van der Waals surface area (Å²) in [5.41, 5.74) is 0. The fraction of sp³-hybridized carbons (Fsp3) is 0.667. The highest BCUT2D eigenvalue weighted by molar-refractivity contribution is 5.87. The van der Waals surface area contributed by atoms with Crippen molar-refractivity contribution in [3.63, 3.8) is 0 Å². The maximum atomic E-state index is 11.2. The van der Waals surface area contributed by atoms with Gasteiger partial charge in [-0.05, 0) is 0 Å². The zero-order valence-electron chi connectivity index (χ0n) is 7.60. The van der Waals surface area contributed by atoms with Gasteiger partial charge in [0.2, 0.25) is 5.91 Å². The molecule has 1 aliphatic heterocycles. The van der Waals surface area contributed by atoms with Crippen LogP contribution in [0.2, 0.25) is 0 Å². The molecule has 1 heterocycles. The van der Waals surface area contributed by atoms with Crippen molar-refractivity contribution in [1.82, 2.24) is 10.6 Å². The van der Waals surface area contributed by atoms with E-state index < -0.39 is 23.1 Å². The van der Waals surface area contributed by atoms with Gasteiger partial charge in [-0.1, -0.05) is 0 Å². The maximum Gasteiger partial charge on any atom is 0.407 e. The Kier molecular flexibility index (Phi) is 3.66. The molecule has 9 heteroatoms. The number of carbonyl (C=O) groups excluding carboxylic acids is 2. The number of hydrogen-bond donors (Lipinski definition) is 2. The molecular weight excluding hydrogens is 210 g/mol. The molecule has 2 N–H and O–H groups in total. The molecule has 0 saturated carbocycles. The first-order chi connectivity index (χ1) is 7.09. The van der Waals surface area contributed by atoms with E-state index in [4.69, 9.17) is 0 Å². The van der Waals surface area contributed by atoms with Crippen molar-refractivity contribution in [3.8, 4) is 0 Å². The van der Waals surface area contributed by atoms with Crippen molar-refractivity contribution in [3.05, 3.63) is 10.1 Å². The molecule has 1 saturated heterocycles. The van der Waals surface area contributed by atoms with Gasteiger partial charge in [0, 0.05) is 6.54 Å². The van der Waals surface area contributed by atoms with Crippen molar-refractivity contribution in [1.29, 1.82) is 0 Å². The Balaban J connectivity index is 2.13. The summed E-state index contributed by atoms with van der Waals surface area (Å²) in [6.45, 7) is -0.285. The van der Waals surface area contributed by atoms with Gasteiger partial charge in [-0.15, -0.1) is 10.1 Å². The number of carbonyl (C=O) groups is 2. The second-order valence-electron chi connectivity index (χ2n) is 2.64. The molecule has 0 aliphatic carbocycles. The number of cyclic esters (lactones) is 1. The standard InChI is InChI=1S/C6H9N3O6/c10-5(4-3-14-6(11)8-4)7-1-2-15-9(12)13/h4H,1-3H2,(H,7,10)(H,8,11). The minimum Gasteiger partial charge on any atom is -0.447 e. The number of hydrogen-bond acceptors (Lipinski definition) is 6. The molecule has 1 fully saturated rings. The lowest BCUT2D eigenvalue weighted by molar-refractivity contribution is -0.757. The summed E-state index contributed by atoms with van der Waals surface area (Å²) < 4.78 is 4.48. The highest BCUT2D eigenvalue weighted by Crippen LogP contribution is 1.96.